The molecular formula is C21H20F2N2O4. The van der Waals surface area contributed by atoms with Gasteiger partial charge in [-0.3, -0.25) is 4.79 Å². The highest BCUT2D eigenvalue weighted by atomic mass is 19.1. The van der Waals surface area contributed by atoms with Crippen molar-refractivity contribution in [3.8, 4) is 22.8 Å². The van der Waals surface area contributed by atoms with E-state index >= 15 is 0 Å². The highest BCUT2D eigenvalue weighted by Gasteiger charge is 2.15. The number of rotatable bonds is 8. The molecule has 0 bridgehead atoms. The molecule has 152 valence electrons. The van der Waals surface area contributed by atoms with Gasteiger partial charge in [0, 0.05) is 17.7 Å². The van der Waals surface area contributed by atoms with E-state index in [-0.39, 0.29) is 23.8 Å². The minimum absolute atomic E-state index is 0.0718. The van der Waals surface area contributed by atoms with Gasteiger partial charge in [0.15, 0.2) is 17.3 Å². The molecule has 0 atom stereocenters. The Kier molecular flexibility index (Phi) is 6.43. The van der Waals surface area contributed by atoms with Crippen molar-refractivity contribution in [3.63, 3.8) is 0 Å². The van der Waals surface area contributed by atoms with Crippen LogP contribution in [0.25, 0.3) is 11.3 Å². The van der Waals surface area contributed by atoms with Crippen molar-refractivity contribution in [2.45, 2.75) is 20.4 Å². The number of carbonyl (C=O) groups excluding carboxylic acids is 1. The number of aromatic nitrogens is 1. The van der Waals surface area contributed by atoms with Gasteiger partial charge in [-0.05, 0) is 44.2 Å². The molecule has 0 unspecified atom stereocenters. The van der Waals surface area contributed by atoms with Crippen LogP contribution < -0.4 is 14.8 Å². The number of carbonyl (C=O) groups is 1. The van der Waals surface area contributed by atoms with E-state index in [4.69, 9.17) is 14.0 Å². The lowest BCUT2D eigenvalue weighted by molar-refractivity contribution is 0.0949. The molecule has 0 aliphatic rings. The van der Waals surface area contributed by atoms with Crippen LogP contribution in [0.3, 0.4) is 0 Å². The van der Waals surface area contributed by atoms with Crippen LogP contribution in [0.1, 0.15) is 29.9 Å². The van der Waals surface area contributed by atoms with Crippen molar-refractivity contribution < 1.29 is 27.6 Å². The Labute approximate surface area is 166 Å². The van der Waals surface area contributed by atoms with E-state index in [2.05, 4.69) is 10.5 Å². The van der Waals surface area contributed by atoms with E-state index in [9.17, 15) is 13.6 Å². The van der Waals surface area contributed by atoms with Gasteiger partial charge in [-0.15, -0.1) is 0 Å². The Morgan fingerprint density at radius 3 is 2.52 bits per heavy atom. The first-order valence-electron chi connectivity index (χ1n) is 9.10. The Hall–Kier alpha value is -3.42. The monoisotopic (exact) mass is 402 g/mol. The number of halogens is 2. The lowest BCUT2D eigenvalue weighted by Crippen LogP contribution is -2.23. The molecule has 3 rings (SSSR count). The minimum atomic E-state index is -0.755. The Bertz CT molecular complexity index is 1000. The predicted molar refractivity (Wildman–Crippen MR) is 102 cm³/mol. The standard InChI is InChI=1S/C21H20F2N2O4/c1-3-27-18-8-5-13(9-20(18)28-4-2)21(26)24-12-15-11-19(29-25-15)16-7-6-14(22)10-17(16)23/h5-11H,3-4,12H2,1-2H3,(H,24,26). The molecule has 1 N–H and O–H groups in total. The zero-order valence-corrected chi connectivity index (χ0v) is 16.0. The molecule has 1 aromatic heterocycles. The quantitative estimate of drug-likeness (QED) is 0.607. The van der Waals surface area contributed by atoms with Crippen LogP contribution in [0.5, 0.6) is 11.5 Å². The van der Waals surface area contributed by atoms with Gasteiger partial charge >= 0.3 is 0 Å². The molecule has 8 heteroatoms. The SMILES string of the molecule is CCOc1ccc(C(=O)NCc2cc(-c3ccc(F)cc3F)on2)cc1OCC. The molecule has 0 aliphatic carbocycles. The smallest absolute Gasteiger partial charge is 0.251 e. The summed E-state index contributed by atoms with van der Waals surface area (Å²) in [5, 5.41) is 6.53. The van der Waals surface area contributed by atoms with Crippen molar-refractivity contribution >= 4 is 5.91 Å². The van der Waals surface area contributed by atoms with E-state index < -0.39 is 11.6 Å². The van der Waals surface area contributed by atoms with Gasteiger partial charge < -0.3 is 19.3 Å². The number of nitrogens with zero attached hydrogens (tertiary/aromatic N) is 1. The van der Waals surface area contributed by atoms with Crippen LogP contribution in [0, 0.1) is 11.6 Å². The summed E-state index contributed by atoms with van der Waals surface area (Å²) in [6.07, 6.45) is 0. The Morgan fingerprint density at radius 1 is 1.03 bits per heavy atom. The minimum Gasteiger partial charge on any atom is -0.490 e. The maximum Gasteiger partial charge on any atom is 0.251 e. The zero-order chi connectivity index (χ0) is 20.8. The second-order valence-electron chi connectivity index (χ2n) is 6.02. The number of ether oxygens (including phenoxy) is 2. The topological polar surface area (TPSA) is 73.6 Å². The van der Waals surface area contributed by atoms with Gasteiger partial charge in [-0.25, -0.2) is 8.78 Å². The third kappa shape index (κ3) is 4.90. The summed E-state index contributed by atoms with van der Waals surface area (Å²) in [5.74, 6) is -0.585. The molecule has 2 aromatic carbocycles. The Morgan fingerprint density at radius 2 is 1.79 bits per heavy atom. The normalized spacial score (nSPS) is 10.6. The van der Waals surface area contributed by atoms with E-state index in [1.165, 1.54) is 12.1 Å². The van der Waals surface area contributed by atoms with Gasteiger partial charge in [-0.1, -0.05) is 5.16 Å². The number of hydrogen-bond donors (Lipinski definition) is 1. The number of hydrogen-bond acceptors (Lipinski definition) is 5. The maximum atomic E-state index is 13.8. The summed E-state index contributed by atoms with van der Waals surface area (Å²) in [6, 6.07) is 9.56. The van der Waals surface area contributed by atoms with Crippen molar-refractivity contribution in [1.82, 2.24) is 10.5 Å². The van der Waals surface area contributed by atoms with Gasteiger partial charge in [0.1, 0.15) is 17.3 Å². The second-order valence-corrected chi connectivity index (χ2v) is 6.02. The van der Waals surface area contributed by atoms with E-state index in [0.717, 1.165) is 12.1 Å². The average Bonchev–Trinajstić information content (AvgIpc) is 3.16. The summed E-state index contributed by atoms with van der Waals surface area (Å²) in [6.45, 7) is 4.69. The first kappa shape index (κ1) is 20.3. The van der Waals surface area contributed by atoms with Gasteiger partial charge in [0.2, 0.25) is 0 Å². The number of nitrogens with one attached hydrogen (secondary N) is 1. The van der Waals surface area contributed by atoms with E-state index in [1.807, 2.05) is 13.8 Å². The largest absolute Gasteiger partial charge is 0.490 e. The lowest BCUT2D eigenvalue weighted by Gasteiger charge is -2.12. The Balaban J connectivity index is 1.68. The average molecular weight is 402 g/mol. The molecule has 0 radical (unpaired) electrons. The summed E-state index contributed by atoms with van der Waals surface area (Å²) < 4.78 is 43.0. The highest BCUT2D eigenvalue weighted by Crippen LogP contribution is 2.28. The van der Waals surface area contributed by atoms with E-state index in [1.54, 1.807) is 18.2 Å². The van der Waals surface area contributed by atoms with Crippen LogP contribution in [0.4, 0.5) is 8.78 Å². The van der Waals surface area contributed by atoms with Crippen molar-refractivity contribution in [2.75, 3.05) is 13.2 Å². The molecular weight excluding hydrogens is 382 g/mol. The molecule has 29 heavy (non-hydrogen) atoms. The molecule has 0 fully saturated rings. The van der Waals surface area contributed by atoms with E-state index in [0.29, 0.717) is 36.0 Å². The molecule has 0 spiro atoms. The summed E-state index contributed by atoms with van der Waals surface area (Å²) in [4.78, 5) is 12.4. The predicted octanol–water partition coefficient (Wildman–Crippen LogP) is 4.35. The van der Waals surface area contributed by atoms with Gasteiger partial charge in [0.25, 0.3) is 5.91 Å². The van der Waals surface area contributed by atoms with Crippen LogP contribution in [0.2, 0.25) is 0 Å². The summed E-state index contributed by atoms with van der Waals surface area (Å²) >= 11 is 0. The fraction of sp³-hybridized carbons (Fsp3) is 0.238. The number of amides is 1. The fourth-order valence-electron chi connectivity index (χ4n) is 2.68. The maximum absolute atomic E-state index is 13.8. The fourth-order valence-corrected chi connectivity index (χ4v) is 2.68. The third-order valence-electron chi connectivity index (χ3n) is 3.99. The first-order chi connectivity index (χ1) is 14.0. The zero-order valence-electron chi connectivity index (χ0n) is 16.0. The summed E-state index contributed by atoms with van der Waals surface area (Å²) in [7, 11) is 0. The van der Waals surface area contributed by atoms with Crippen molar-refractivity contribution in [3.05, 3.63) is 65.4 Å². The van der Waals surface area contributed by atoms with Crippen molar-refractivity contribution in [1.29, 1.82) is 0 Å². The lowest BCUT2D eigenvalue weighted by atomic mass is 10.1. The van der Waals surface area contributed by atoms with Gasteiger partial charge in [-0.2, -0.15) is 0 Å². The van der Waals surface area contributed by atoms with Crippen molar-refractivity contribution in [2.24, 2.45) is 0 Å². The summed E-state index contributed by atoms with van der Waals surface area (Å²) in [5.41, 5.74) is 0.877. The highest BCUT2D eigenvalue weighted by molar-refractivity contribution is 5.94. The number of benzene rings is 2. The molecule has 3 aromatic rings. The van der Waals surface area contributed by atoms with Crippen LogP contribution in [0.15, 0.2) is 47.0 Å². The molecule has 0 saturated heterocycles. The third-order valence-corrected chi connectivity index (χ3v) is 3.99. The molecule has 1 heterocycles. The van der Waals surface area contributed by atoms with Crippen LogP contribution in [-0.2, 0) is 6.54 Å². The molecule has 0 saturated carbocycles. The molecule has 0 aliphatic heterocycles. The molecule has 1 amide bonds. The molecule has 6 nitrogen and oxygen atoms in total. The van der Waals surface area contributed by atoms with Crippen LogP contribution >= 0.6 is 0 Å². The van der Waals surface area contributed by atoms with Crippen LogP contribution in [-0.4, -0.2) is 24.3 Å². The first-order valence-corrected chi connectivity index (χ1v) is 9.10. The second kappa shape index (κ2) is 9.18. The van der Waals surface area contributed by atoms with Gasteiger partial charge in [0.05, 0.1) is 25.3 Å².